The maximum Gasteiger partial charge on any atom is 0.248 e. The lowest BCUT2D eigenvalue weighted by Gasteiger charge is -2.23. The molecule has 1 aromatic heterocycles. The standard InChI is InChI=1S/C19H25N3O/c1-2-3-4-17-16-6-5-14(19(20)23)11-15(16)12-18(22-17)13-7-9-21-10-8-13/h5-6,11-13,21H,2-4,7-10H2,1H3,(H2,20,23). The molecule has 0 spiro atoms. The van der Waals surface area contributed by atoms with Gasteiger partial charge in [-0.2, -0.15) is 0 Å². The van der Waals surface area contributed by atoms with E-state index in [1.807, 2.05) is 18.2 Å². The lowest BCUT2D eigenvalue weighted by Crippen LogP contribution is -2.27. The first-order valence-electron chi connectivity index (χ1n) is 8.63. The number of primary amides is 1. The molecule has 1 aliphatic rings. The number of amides is 1. The van der Waals surface area contributed by atoms with Crippen LogP contribution in [0.15, 0.2) is 24.3 Å². The van der Waals surface area contributed by atoms with Crippen molar-refractivity contribution in [3.05, 3.63) is 41.2 Å². The van der Waals surface area contributed by atoms with E-state index in [9.17, 15) is 4.79 Å². The number of piperidine rings is 1. The molecule has 2 aromatic rings. The Balaban J connectivity index is 2.06. The zero-order valence-corrected chi connectivity index (χ0v) is 13.8. The number of hydrogen-bond acceptors (Lipinski definition) is 3. The van der Waals surface area contributed by atoms with Crippen molar-refractivity contribution in [2.75, 3.05) is 13.1 Å². The fourth-order valence-electron chi connectivity index (χ4n) is 3.37. The van der Waals surface area contributed by atoms with Crippen molar-refractivity contribution in [2.45, 2.75) is 44.9 Å². The van der Waals surface area contributed by atoms with Gasteiger partial charge in [0.15, 0.2) is 0 Å². The summed E-state index contributed by atoms with van der Waals surface area (Å²) in [7, 11) is 0. The van der Waals surface area contributed by atoms with Crippen LogP contribution in [0.4, 0.5) is 0 Å². The largest absolute Gasteiger partial charge is 0.366 e. The molecule has 3 rings (SSSR count). The fourth-order valence-corrected chi connectivity index (χ4v) is 3.37. The molecule has 0 saturated carbocycles. The summed E-state index contributed by atoms with van der Waals surface area (Å²) in [5.41, 5.74) is 8.35. The third kappa shape index (κ3) is 3.53. The van der Waals surface area contributed by atoms with Crippen molar-refractivity contribution in [3.63, 3.8) is 0 Å². The molecule has 4 heteroatoms. The van der Waals surface area contributed by atoms with Gasteiger partial charge in [-0.05, 0) is 62.4 Å². The first-order valence-corrected chi connectivity index (χ1v) is 8.63. The van der Waals surface area contributed by atoms with Gasteiger partial charge in [0.2, 0.25) is 5.91 Å². The Morgan fingerprint density at radius 2 is 2.09 bits per heavy atom. The quantitative estimate of drug-likeness (QED) is 0.891. The molecule has 0 aliphatic carbocycles. The maximum atomic E-state index is 11.5. The van der Waals surface area contributed by atoms with E-state index < -0.39 is 0 Å². The van der Waals surface area contributed by atoms with Crippen molar-refractivity contribution in [1.82, 2.24) is 10.3 Å². The van der Waals surface area contributed by atoms with Gasteiger partial charge in [-0.25, -0.2) is 0 Å². The Morgan fingerprint density at radius 3 is 2.78 bits per heavy atom. The zero-order valence-electron chi connectivity index (χ0n) is 13.8. The number of carbonyl (C=O) groups is 1. The summed E-state index contributed by atoms with van der Waals surface area (Å²) >= 11 is 0. The van der Waals surface area contributed by atoms with Crippen LogP contribution >= 0.6 is 0 Å². The molecule has 0 radical (unpaired) electrons. The Hall–Kier alpha value is -1.94. The van der Waals surface area contributed by atoms with Crippen LogP contribution in [0.25, 0.3) is 10.8 Å². The third-order valence-corrected chi connectivity index (χ3v) is 4.74. The van der Waals surface area contributed by atoms with Crippen LogP contribution in [0.2, 0.25) is 0 Å². The minimum absolute atomic E-state index is 0.373. The normalized spacial score (nSPS) is 15.9. The Morgan fingerprint density at radius 1 is 1.30 bits per heavy atom. The number of aryl methyl sites for hydroxylation is 1. The topological polar surface area (TPSA) is 68.0 Å². The molecule has 3 N–H and O–H groups in total. The van der Waals surface area contributed by atoms with E-state index in [2.05, 4.69) is 18.3 Å². The van der Waals surface area contributed by atoms with E-state index in [0.29, 0.717) is 11.5 Å². The first kappa shape index (κ1) is 15.9. The predicted octanol–water partition coefficient (Wildman–Crippen LogP) is 3.14. The number of rotatable bonds is 5. The highest BCUT2D eigenvalue weighted by Gasteiger charge is 2.18. The Bertz CT molecular complexity index is 705. The summed E-state index contributed by atoms with van der Waals surface area (Å²) in [6.45, 7) is 4.30. The number of pyridine rings is 1. The molecular weight excluding hydrogens is 286 g/mol. The highest BCUT2D eigenvalue weighted by Crippen LogP contribution is 2.29. The van der Waals surface area contributed by atoms with Gasteiger partial charge in [0, 0.05) is 28.3 Å². The van der Waals surface area contributed by atoms with Gasteiger partial charge in [-0.15, -0.1) is 0 Å². The monoisotopic (exact) mass is 311 g/mol. The molecule has 23 heavy (non-hydrogen) atoms. The second-order valence-corrected chi connectivity index (χ2v) is 6.42. The highest BCUT2D eigenvalue weighted by molar-refractivity contribution is 5.98. The number of unbranched alkanes of at least 4 members (excludes halogenated alkanes) is 1. The lowest BCUT2D eigenvalue weighted by atomic mass is 9.92. The number of carbonyl (C=O) groups excluding carboxylic acids is 1. The van der Waals surface area contributed by atoms with Crippen LogP contribution in [-0.4, -0.2) is 24.0 Å². The van der Waals surface area contributed by atoms with Crippen LogP contribution in [0, 0.1) is 0 Å². The predicted molar refractivity (Wildman–Crippen MR) is 93.7 cm³/mol. The molecule has 2 heterocycles. The lowest BCUT2D eigenvalue weighted by molar-refractivity contribution is 0.100. The summed E-state index contributed by atoms with van der Waals surface area (Å²) < 4.78 is 0. The van der Waals surface area contributed by atoms with Crippen molar-refractivity contribution >= 4 is 16.7 Å². The van der Waals surface area contributed by atoms with E-state index in [1.54, 1.807) is 0 Å². The van der Waals surface area contributed by atoms with Gasteiger partial charge >= 0.3 is 0 Å². The molecule has 0 bridgehead atoms. The smallest absolute Gasteiger partial charge is 0.248 e. The second-order valence-electron chi connectivity index (χ2n) is 6.42. The number of hydrogen-bond donors (Lipinski definition) is 2. The molecule has 1 aromatic carbocycles. The minimum Gasteiger partial charge on any atom is -0.366 e. The molecule has 1 amide bonds. The Kier molecular flexibility index (Phi) is 4.91. The average Bonchev–Trinajstić information content (AvgIpc) is 2.59. The van der Waals surface area contributed by atoms with Crippen LogP contribution < -0.4 is 11.1 Å². The van der Waals surface area contributed by atoms with E-state index in [0.717, 1.165) is 61.7 Å². The summed E-state index contributed by atoms with van der Waals surface area (Å²) in [5, 5.41) is 5.65. The molecule has 0 atom stereocenters. The minimum atomic E-state index is -0.373. The van der Waals surface area contributed by atoms with E-state index in [1.165, 1.54) is 5.69 Å². The van der Waals surface area contributed by atoms with E-state index in [4.69, 9.17) is 10.7 Å². The van der Waals surface area contributed by atoms with Crippen molar-refractivity contribution in [3.8, 4) is 0 Å². The number of benzene rings is 1. The maximum absolute atomic E-state index is 11.5. The summed E-state index contributed by atoms with van der Waals surface area (Å²) in [5.74, 6) is 0.139. The number of nitrogens with zero attached hydrogens (tertiary/aromatic N) is 1. The number of aromatic nitrogens is 1. The summed E-state index contributed by atoms with van der Waals surface area (Å²) in [6, 6.07) is 7.89. The summed E-state index contributed by atoms with van der Waals surface area (Å²) in [4.78, 5) is 16.5. The van der Waals surface area contributed by atoms with E-state index >= 15 is 0 Å². The van der Waals surface area contributed by atoms with Gasteiger partial charge in [-0.1, -0.05) is 19.4 Å². The van der Waals surface area contributed by atoms with Gasteiger partial charge < -0.3 is 11.1 Å². The van der Waals surface area contributed by atoms with Gasteiger partial charge in [0.05, 0.1) is 0 Å². The van der Waals surface area contributed by atoms with Crippen LogP contribution in [-0.2, 0) is 6.42 Å². The van der Waals surface area contributed by atoms with Gasteiger partial charge in [0.25, 0.3) is 0 Å². The van der Waals surface area contributed by atoms with Crippen molar-refractivity contribution < 1.29 is 4.79 Å². The molecule has 122 valence electrons. The van der Waals surface area contributed by atoms with Gasteiger partial charge in [-0.3, -0.25) is 9.78 Å². The molecule has 0 unspecified atom stereocenters. The van der Waals surface area contributed by atoms with Gasteiger partial charge in [0.1, 0.15) is 0 Å². The molecule has 1 fully saturated rings. The van der Waals surface area contributed by atoms with Crippen LogP contribution in [0.5, 0.6) is 0 Å². The third-order valence-electron chi connectivity index (χ3n) is 4.74. The molecule has 1 saturated heterocycles. The van der Waals surface area contributed by atoms with Crippen molar-refractivity contribution in [1.29, 1.82) is 0 Å². The number of fused-ring (bicyclic) bond motifs is 1. The average molecular weight is 311 g/mol. The SMILES string of the molecule is CCCCc1nc(C2CCNCC2)cc2cc(C(N)=O)ccc12. The molecular formula is C19H25N3O. The van der Waals surface area contributed by atoms with Crippen LogP contribution in [0.1, 0.15) is 60.3 Å². The van der Waals surface area contributed by atoms with E-state index in [-0.39, 0.29) is 5.91 Å². The second kappa shape index (κ2) is 7.09. The zero-order chi connectivity index (χ0) is 16.2. The molecule has 4 nitrogen and oxygen atoms in total. The fraction of sp³-hybridized carbons (Fsp3) is 0.474. The van der Waals surface area contributed by atoms with Crippen LogP contribution in [0.3, 0.4) is 0 Å². The first-order chi connectivity index (χ1) is 11.2. The van der Waals surface area contributed by atoms with Crippen molar-refractivity contribution in [2.24, 2.45) is 5.73 Å². The number of nitrogens with one attached hydrogen (secondary N) is 1. The molecule has 1 aliphatic heterocycles. The summed E-state index contributed by atoms with van der Waals surface area (Å²) in [6.07, 6.45) is 5.53. The number of nitrogens with two attached hydrogens (primary N) is 1. The highest BCUT2D eigenvalue weighted by atomic mass is 16.1. The Labute approximate surface area is 137 Å².